The van der Waals surface area contributed by atoms with E-state index in [1.54, 1.807) is 14.0 Å². The third kappa shape index (κ3) is 2.53. The second-order valence-corrected chi connectivity index (χ2v) is 6.19. The Balaban J connectivity index is 2.17. The van der Waals surface area contributed by atoms with Crippen molar-refractivity contribution in [2.45, 2.75) is 43.7 Å². The summed E-state index contributed by atoms with van der Waals surface area (Å²) in [6.45, 7) is 1.79. The second-order valence-electron chi connectivity index (χ2n) is 5.54. The molecule has 3 atom stereocenters. The van der Waals surface area contributed by atoms with Crippen LogP contribution in [-0.2, 0) is 4.74 Å². The number of hydrogen-bond donors (Lipinski definition) is 0. The Morgan fingerprint density at radius 2 is 2.14 bits per heavy atom. The molecule has 3 nitrogen and oxygen atoms in total. The average molecular weight is 315 g/mol. The number of methoxy groups -OCH3 is 1. The van der Waals surface area contributed by atoms with Crippen molar-refractivity contribution in [3.8, 4) is 0 Å². The number of hydrogen-bond acceptors (Lipinski definition) is 2. The maximum absolute atomic E-state index is 13.9. The molecule has 0 spiro atoms. The predicted octanol–water partition coefficient (Wildman–Crippen LogP) is 4.35. The van der Waals surface area contributed by atoms with Crippen molar-refractivity contribution in [3.05, 3.63) is 29.6 Å². The lowest BCUT2D eigenvalue weighted by atomic mass is 10.2. The number of ether oxygens (including phenoxy) is 1. The number of alkyl halides is 1. The fourth-order valence-electron chi connectivity index (χ4n) is 3.17. The number of benzene rings is 1. The second kappa shape index (κ2) is 5.54. The Morgan fingerprint density at radius 3 is 2.76 bits per heavy atom. The van der Waals surface area contributed by atoms with Gasteiger partial charge in [0.05, 0.1) is 17.0 Å². The van der Waals surface area contributed by atoms with Crippen molar-refractivity contribution in [1.82, 2.24) is 9.55 Å². The number of imidazole rings is 1. The Kier molecular flexibility index (Phi) is 3.88. The summed E-state index contributed by atoms with van der Waals surface area (Å²) >= 11 is 6.19. The minimum absolute atomic E-state index is 0.109. The third-order valence-corrected chi connectivity index (χ3v) is 4.35. The van der Waals surface area contributed by atoms with Gasteiger partial charge in [-0.05, 0) is 32.3 Å². The summed E-state index contributed by atoms with van der Waals surface area (Å²) in [6, 6.07) is 2.29. The number of aromatic nitrogens is 2. The Morgan fingerprint density at radius 1 is 1.38 bits per heavy atom. The smallest absolute Gasteiger partial charge is 0.153 e. The molecule has 1 aliphatic carbocycles. The molecule has 1 aliphatic rings. The zero-order valence-corrected chi connectivity index (χ0v) is 12.7. The van der Waals surface area contributed by atoms with Crippen LogP contribution in [0.5, 0.6) is 0 Å². The van der Waals surface area contributed by atoms with E-state index < -0.39 is 11.6 Å². The highest BCUT2D eigenvalue weighted by Gasteiger charge is 2.30. The molecule has 0 amide bonds. The van der Waals surface area contributed by atoms with Gasteiger partial charge in [0.2, 0.25) is 0 Å². The number of halogens is 3. The van der Waals surface area contributed by atoms with Gasteiger partial charge in [-0.2, -0.15) is 0 Å². The first-order chi connectivity index (χ1) is 10.0. The van der Waals surface area contributed by atoms with Gasteiger partial charge in [-0.25, -0.2) is 13.8 Å². The van der Waals surface area contributed by atoms with Crippen LogP contribution in [0.2, 0.25) is 0 Å². The fourth-order valence-corrected chi connectivity index (χ4v) is 3.32. The summed E-state index contributed by atoms with van der Waals surface area (Å²) in [5.74, 6) is -0.669. The van der Waals surface area contributed by atoms with Crippen LogP contribution in [0, 0.1) is 11.6 Å². The molecule has 0 radical (unpaired) electrons. The van der Waals surface area contributed by atoms with Gasteiger partial charge in [-0.3, -0.25) is 0 Å². The minimum atomic E-state index is -0.649. The SMILES string of the molecule is COC1CCC(n2c(C(C)Cl)nc3c(F)cc(F)cc32)C1. The lowest BCUT2D eigenvalue weighted by Gasteiger charge is -2.18. The molecule has 2 aromatic rings. The zero-order chi connectivity index (χ0) is 15.1. The number of rotatable bonds is 3. The van der Waals surface area contributed by atoms with E-state index in [0.717, 1.165) is 25.3 Å². The average Bonchev–Trinajstić information content (AvgIpc) is 3.01. The Labute approximate surface area is 126 Å². The summed E-state index contributed by atoms with van der Waals surface area (Å²) in [5, 5.41) is -0.374. The standard InChI is InChI=1S/C15H17ClF2N2O/c1-8(16)15-19-14-12(18)5-9(17)6-13(14)20(15)10-3-4-11(7-10)21-2/h5-6,8,10-11H,3-4,7H2,1-2H3. The summed E-state index contributed by atoms with van der Waals surface area (Å²) in [7, 11) is 1.68. The number of nitrogens with zero attached hydrogens (tertiary/aromatic N) is 2. The Bertz CT molecular complexity index is 671. The predicted molar refractivity (Wildman–Crippen MR) is 77.6 cm³/mol. The van der Waals surface area contributed by atoms with Gasteiger partial charge in [0.25, 0.3) is 0 Å². The molecule has 1 saturated carbocycles. The van der Waals surface area contributed by atoms with E-state index in [0.29, 0.717) is 11.3 Å². The van der Waals surface area contributed by atoms with Crippen LogP contribution in [0.3, 0.4) is 0 Å². The maximum Gasteiger partial charge on any atom is 0.153 e. The van der Waals surface area contributed by atoms with Crippen molar-refractivity contribution in [1.29, 1.82) is 0 Å². The summed E-state index contributed by atoms with van der Waals surface area (Å²) in [6.07, 6.45) is 2.79. The molecule has 21 heavy (non-hydrogen) atoms. The van der Waals surface area contributed by atoms with Crippen LogP contribution in [0.1, 0.15) is 43.4 Å². The highest BCUT2D eigenvalue weighted by Crippen LogP contribution is 2.38. The normalized spacial score (nSPS) is 23.9. The van der Waals surface area contributed by atoms with Crippen molar-refractivity contribution in [2.75, 3.05) is 7.11 Å². The van der Waals surface area contributed by atoms with Crippen LogP contribution in [0.4, 0.5) is 8.78 Å². The first-order valence-corrected chi connectivity index (χ1v) is 7.48. The molecule has 0 bridgehead atoms. The van der Waals surface area contributed by atoms with E-state index in [9.17, 15) is 8.78 Å². The zero-order valence-electron chi connectivity index (χ0n) is 11.9. The van der Waals surface area contributed by atoms with Gasteiger partial charge in [-0.15, -0.1) is 11.6 Å². The monoisotopic (exact) mass is 314 g/mol. The van der Waals surface area contributed by atoms with Crippen molar-refractivity contribution < 1.29 is 13.5 Å². The first kappa shape index (κ1) is 14.7. The molecular weight excluding hydrogens is 298 g/mol. The van der Waals surface area contributed by atoms with Crippen LogP contribution < -0.4 is 0 Å². The third-order valence-electron chi connectivity index (χ3n) is 4.15. The minimum Gasteiger partial charge on any atom is -0.381 e. The van der Waals surface area contributed by atoms with Crippen molar-refractivity contribution >= 4 is 22.6 Å². The van der Waals surface area contributed by atoms with E-state index in [-0.39, 0.29) is 23.0 Å². The molecule has 114 valence electrons. The molecule has 1 aromatic carbocycles. The molecule has 0 saturated heterocycles. The van der Waals surface area contributed by atoms with E-state index in [1.165, 1.54) is 6.07 Å². The van der Waals surface area contributed by atoms with Gasteiger partial charge in [-0.1, -0.05) is 0 Å². The van der Waals surface area contributed by atoms with Crippen molar-refractivity contribution in [2.24, 2.45) is 0 Å². The summed E-state index contributed by atoms with van der Waals surface area (Å²) < 4.78 is 34.8. The van der Waals surface area contributed by atoms with Crippen LogP contribution in [-0.4, -0.2) is 22.8 Å². The van der Waals surface area contributed by atoms with E-state index in [4.69, 9.17) is 16.3 Å². The van der Waals surface area contributed by atoms with Gasteiger partial charge < -0.3 is 9.30 Å². The molecule has 1 fully saturated rings. The molecule has 1 heterocycles. The number of fused-ring (bicyclic) bond motifs is 1. The van der Waals surface area contributed by atoms with Crippen LogP contribution in [0.15, 0.2) is 12.1 Å². The van der Waals surface area contributed by atoms with Gasteiger partial charge in [0.15, 0.2) is 5.82 Å². The maximum atomic E-state index is 13.9. The Hall–Kier alpha value is -1.20. The highest BCUT2D eigenvalue weighted by molar-refractivity contribution is 6.20. The molecular formula is C15H17ClF2N2O. The topological polar surface area (TPSA) is 27.1 Å². The van der Waals surface area contributed by atoms with Gasteiger partial charge in [0.1, 0.15) is 17.2 Å². The van der Waals surface area contributed by atoms with E-state index in [1.807, 2.05) is 4.57 Å². The quantitative estimate of drug-likeness (QED) is 0.787. The largest absolute Gasteiger partial charge is 0.381 e. The fraction of sp³-hybridized carbons (Fsp3) is 0.533. The van der Waals surface area contributed by atoms with E-state index >= 15 is 0 Å². The molecule has 0 N–H and O–H groups in total. The molecule has 0 aliphatic heterocycles. The summed E-state index contributed by atoms with van der Waals surface area (Å²) in [5.41, 5.74) is 0.650. The van der Waals surface area contributed by atoms with E-state index in [2.05, 4.69) is 4.98 Å². The molecule has 3 unspecified atom stereocenters. The molecule has 6 heteroatoms. The van der Waals surface area contributed by atoms with Gasteiger partial charge >= 0.3 is 0 Å². The van der Waals surface area contributed by atoms with Crippen LogP contribution in [0.25, 0.3) is 11.0 Å². The van der Waals surface area contributed by atoms with Gasteiger partial charge in [0, 0.05) is 19.2 Å². The molecule has 1 aromatic heterocycles. The summed E-state index contributed by atoms with van der Waals surface area (Å²) in [4.78, 5) is 4.30. The highest BCUT2D eigenvalue weighted by atomic mass is 35.5. The lowest BCUT2D eigenvalue weighted by molar-refractivity contribution is 0.106. The van der Waals surface area contributed by atoms with Crippen molar-refractivity contribution in [3.63, 3.8) is 0 Å². The molecule has 3 rings (SSSR count). The first-order valence-electron chi connectivity index (χ1n) is 7.05. The van der Waals surface area contributed by atoms with Crippen LogP contribution >= 0.6 is 11.6 Å². The lowest BCUT2D eigenvalue weighted by Crippen LogP contribution is -2.12.